The minimum Gasteiger partial charge on any atom is -0.497 e. The summed E-state index contributed by atoms with van der Waals surface area (Å²) in [5.74, 6) is 2.52. The van der Waals surface area contributed by atoms with Crippen LogP contribution in [0.4, 0.5) is 0 Å². The van der Waals surface area contributed by atoms with Crippen LogP contribution in [0.15, 0.2) is 36.2 Å². The molecule has 2 aromatic carbocycles. The van der Waals surface area contributed by atoms with Gasteiger partial charge in [0, 0.05) is 53.4 Å². The van der Waals surface area contributed by atoms with Crippen LogP contribution in [-0.2, 0) is 13.6 Å². The van der Waals surface area contributed by atoms with Gasteiger partial charge in [-0.15, -0.1) is 0 Å². The van der Waals surface area contributed by atoms with Crippen LogP contribution in [0.3, 0.4) is 0 Å². The first-order valence-electron chi connectivity index (χ1n) is 10.6. The molecule has 6 rings (SSSR count). The summed E-state index contributed by atoms with van der Waals surface area (Å²) in [7, 11) is 3.64. The first-order valence-corrected chi connectivity index (χ1v) is 10.6. The highest BCUT2D eigenvalue weighted by atomic mass is 16.5. The molecule has 6 nitrogen and oxygen atoms in total. The van der Waals surface area contributed by atoms with Gasteiger partial charge in [-0.25, -0.2) is 0 Å². The van der Waals surface area contributed by atoms with E-state index in [1.807, 2.05) is 55.1 Å². The standard InChI is InChI=1S/C25H24N2O4/c1-14-24-16(12-27(13-30-24)17-4-5-17)8-20-23(28)22(31-25(14)20)9-15-11-26(2)21-7-6-18(29-3)10-19(15)21/h6-11,17H,4-5,12-13H2,1-3H3/b22-9-. The van der Waals surface area contributed by atoms with E-state index in [0.717, 1.165) is 45.6 Å². The molecule has 3 heterocycles. The van der Waals surface area contributed by atoms with Crippen molar-refractivity contribution in [2.45, 2.75) is 32.4 Å². The van der Waals surface area contributed by atoms with Crippen LogP contribution in [0.1, 0.15) is 39.9 Å². The van der Waals surface area contributed by atoms with Crippen molar-refractivity contribution in [2.24, 2.45) is 7.05 Å². The van der Waals surface area contributed by atoms with Gasteiger partial charge < -0.3 is 18.8 Å². The minimum absolute atomic E-state index is 0.0793. The molecule has 1 aliphatic carbocycles. The van der Waals surface area contributed by atoms with Crippen molar-refractivity contribution < 1.29 is 19.0 Å². The van der Waals surface area contributed by atoms with Crippen LogP contribution in [0, 0.1) is 6.92 Å². The number of Topliss-reactive ketones (excluding diaryl/α,β-unsaturated/α-hetero) is 1. The second-order valence-corrected chi connectivity index (χ2v) is 8.64. The molecule has 0 amide bonds. The number of fused-ring (bicyclic) bond motifs is 3. The number of aromatic nitrogens is 1. The molecule has 3 aliphatic rings. The predicted octanol–water partition coefficient (Wildman–Crippen LogP) is 4.43. The van der Waals surface area contributed by atoms with Gasteiger partial charge in [0.05, 0.1) is 12.7 Å². The molecule has 0 atom stereocenters. The van der Waals surface area contributed by atoms with Gasteiger partial charge in [-0.05, 0) is 50.1 Å². The Morgan fingerprint density at radius 2 is 2.03 bits per heavy atom. The van der Waals surface area contributed by atoms with E-state index in [2.05, 4.69) is 4.90 Å². The zero-order chi connectivity index (χ0) is 21.3. The molecule has 0 radical (unpaired) electrons. The number of carbonyl (C=O) groups excluding carboxylic acids is 1. The Kier molecular flexibility index (Phi) is 3.96. The summed E-state index contributed by atoms with van der Waals surface area (Å²) < 4.78 is 19.6. The molecular weight excluding hydrogens is 392 g/mol. The number of allylic oxidation sites excluding steroid dienone is 1. The van der Waals surface area contributed by atoms with E-state index in [-0.39, 0.29) is 5.78 Å². The number of aryl methyl sites for hydroxylation is 1. The molecular formula is C25H24N2O4. The fraction of sp³-hybridized carbons (Fsp3) is 0.320. The molecule has 1 aromatic heterocycles. The van der Waals surface area contributed by atoms with Gasteiger partial charge >= 0.3 is 0 Å². The van der Waals surface area contributed by atoms with Gasteiger partial charge in [0.2, 0.25) is 5.78 Å². The Morgan fingerprint density at radius 3 is 2.81 bits per heavy atom. The fourth-order valence-corrected chi connectivity index (χ4v) is 4.72. The molecule has 0 bridgehead atoms. The first-order chi connectivity index (χ1) is 15.0. The minimum atomic E-state index is -0.0793. The second kappa shape index (κ2) is 6.62. The quantitative estimate of drug-likeness (QED) is 0.592. The van der Waals surface area contributed by atoms with E-state index in [9.17, 15) is 4.79 Å². The third-order valence-electron chi connectivity index (χ3n) is 6.54. The van der Waals surface area contributed by atoms with Gasteiger partial charge in [-0.1, -0.05) is 0 Å². The molecule has 0 N–H and O–H groups in total. The smallest absolute Gasteiger partial charge is 0.231 e. The van der Waals surface area contributed by atoms with Crippen molar-refractivity contribution in [1.82, 2.24) is 9.47 Å². The van der Waals surface area contributed by atoms with Gasteiger partial charge in [-0.3, -0.25) is 9.69 Å². The number of methoxy groups -OCH3 is 1. The van der Waals surface area contributed by atoms with Crippen molar-refractivity contribution in [1.29, 1.82) is 0 Å². The summed E-state index contributed by atoms with van der Waals surface area (Å²) in [4.78, 5) is 15.6. The third-order valence-corrected chi connectivity index (χ3v) is 6.54. The zero-order valence-corrected chi connectivity index (χ0v) is 17.9. The van der Waals surface area contributed by atoms with Crippen molar-refractivity contribution in [3.05, 3.63) is 58.5 Å². The maximum Gasteiger partial charge on any atom is 0.231 e. The Morgan fingerprint density at radius 1 is 1.19 bits per heavy atom. The lowest BCUT2D eigenvalue weighted by molar-refractivity contribution is 0.0872. The van der Waals surface area contributed by atoms with E-state index in [1.165, 1.54) is 12.8 Å². The third kappa shape index (κ3) is 2.86. The van der Waals surface area contributed by atoms with Crippen LogP contribution in [0.2, 0.25) is 0 Å². The Hall–Kier alpha value is -3.25. The topological polar surface area (TPSA) is 52.9 Å². The van der Waals surface area contributed by atoms with Gasteiger partial charge in [0.15, 0.2) is 5.76 Å². The summed E-state index contributed by atoms with van der Waals surface area (Å²) in [6.45, 7) is 3.40. The Balaban J connectivity index is 1.40. The number of hydrogen-bond acceptors (Lipinski definition) is 5. The van der Waals surface area contributed by atoms with E-state index < -0.39 is 0 Å². The van der Waals surface area contributed by atoms with Crippen LogP contribution in [0.25, 0.3) is 17.0 Å². The molecule has 1 fully saturated rings. The summed E-state index contributed by atoms with van der Waals surface area (Å²) in [5, 5.41) is 1.01. The second-order valence-electron chi connectivity index (χ2n) is 8.64. The zero-order valence-electron chi connectivity index (χ0n) is 17.9. The molecule has 158 valence electrons. The average Bonchev–Trinajstić information content (AvgIpc) is 3.53. The van der Waals surface area contributed by atoms with Crippen molar-refractivity contribution in [3.8, 4) is 17.2 Å². The maximum atomic E-state index is 13.3. The predicted molar refractivity (Wildman–Crippen MR) is 118 cm³/mol. The molecule has 0 unspecified atom stereocenters. The summed E-state index contributed by atoms with van der Waals surface area (Å²) in [6.07, 6.45) is 6.30. The van der Waals surface area contributed by atoms with Crippen molar-refractivity contribution in [2.75, 3.05) is 13.8 Å². The van der Waals surface area contributed by atoms with Crippen molar-refractivity contribution in [3.63, 3.8) is 0 Å². The lowest BCUT2D eigenvalue weighted by Crippen LogP contribution is -2.34. The highest BCUT2D eigenvalue weighted by Gasteiger charge is 2.36. The molecule has 31 heavy (non-hydrogen) atoms. The molecule has 0 spiro atoms. The van der Waals surface area contributed by atoms with Crippen LogP contribution in [-0.4, -0.2) is 35.1 Å². The highest BCUT2D eigenvalue weighted by molar-refractivity contribution is 6.15. The van der Waals surface area contributed by atoms with Crippen LogP contribution >= 0.6 is 0 Å². The van der Waals surface area contributed by atoms with E-state index in [4.69, 9.17) is 14.2 Å². The largest absolute Gasteiger partial charge is 0.497 e. The van der Waals surface area contributed by atoms with Crippen molar-refractivity contribution >= 4 is 22.8 Å². The first kappa shape index (κ1) is 18.5. The van der Waals surface area contributed by atoms with Gasteiger partial charge in [0.25, 0.3) is 0 Å². The van der Waals surface area contributed by atoms with Crippen LogP contribution in [0.5, 0.6) is 17.2 Å². The normalized spacial score (nSPS) is 19.3. The number of hydrogen-bond donors (Lipinski definition) is 0. The summed E-state index contributed by atoms with van der Waals surface area (Å²) >= 11 is 0. The lowest BCUT2D eigenvalue weighted by atomic mass is 10.00. The molecule has 6 heteroatoms. The number of carbonyl (C=O) groups is 1. The summed E-state index contributed by atoms with van der Waals surface area (Å²) in [6, 6.07) is 8.52. The maximum absolute atomic E-state index is 13.3. The number of ketones is 1. The number of nitrogens with zero attached hydrogens (tertiary/aromatic N) is 2. The highest BCUT2D eigenvalue weighted by Crippen LogP contribution is 2.44. The Bertz CT molecular complexity index is 1280. The monoisotopic (exact) mass is 416 g/mol. The molecule has 3 aromatic rings. The van der Waals surface area contributed by atoms with Crippen LogP contribution < -0.4 is 14.2 Å². The average molecular weight is 416 g/mol. The number of ether oxygens (including phenoxy) is 3. The lowest BCUT2D eigenvalue weighted by Gasteiger charge is -2.30. The molecule has 2 aliphatic heterocycles. The Labute approximate surface area is 180 Å². The molecule has 0 saturated heterocycles. The number of benzene rings is 2. The molecule has 1 saturated carbocycles. The van der Waals surface area contributed by atoms with Gasteiger partial charge in [-0.2, -0.15) is 0 Å². The fourth-order valence-electron chi connectivity index (χ4n) is 4.72. The summed E-state index contributed by atoms with van der Waals surface area (Å²) in [5.41, 5.74) is 4.59. The van der Waals surface area contributed by atoms with E-state index in [1.54, 1.807) is 7.11 Å². The van der Waals surface area contributed by atoms with E-state index in [0.29, 0.717) is 29.8 Å². The van der Waals surface area contributed by atoms with E-state index >= 15 is 0 Å². The SMILES string of the molecule is COc1ccc2c(c1)c(/C=C1\Oc3c(cc4c(c3C)OCN(C3CC3)C4)C1=O)cn2C. The van der Waals surface area contributed by atoms with Gasteiger partial charge in [0.1, 0.15) is 24.0 Å². The number of rotatable bonds is 3.